The monoisotopic (exact) mass is 230 g/mol. The van der Waals surface area contributed by atoms with Gasteiger partial charge >= 0.3 is 0 Å². The number of rotatable bonds is 3. The molecule has 1 unspecified atom stereocenters. The van der Waals surface area contributed by atoms with E-state index in [2.05, 4.69) is 12.1 Å². The van der Waals surface area contributed by atoms with Crippen LogP contribution in [0.4, 0.5) is 0 Å². The lowest BCUT2D eigenvalue weighted by atomic mass is 9.83. The van der Waals surface area contributed by atoms with Crippen molar-refractivity contribution >= 4 is 0 Å². The van der Waals surface area contributed by atoms with E-state index in [9.17, 15) is 0 Å². The molecular formula is C14H18N2O. The van der Waals surface area contributed by atoms with Crippen LogP contribution in [-0.4, -0.2) is 12.6 Å². The predicted molar refractivity (Wildman–Crippen MR) is 69.0 cm³/mol. The van der Waals surface area contributed by atoms with Gasteiger partial charge in [0.1, 0.15) is 5.76 Å². The van der Waals surface area contributed by atoms with E-state index >= 15 is 0 Å². The third-order valence-electron chi connectivity index (χ3n) is 3.04. The Labute approximate surface area is 102 Å². The fourth-order valence-corrected chi connectivity index (χ4v) is 2.24. The molecule has 1 atom stereocenters. The minimum atomic E-state index is -0.533. The number of hydrogen-bond acceptors (Lipinski definition) is 3. The quantitative estimate of drug-likeness (QED) is 0.831. The largest absolute Gasteiger partial charge is 0.499 e. The maximum atomic E-state index is 6.42. The summed E-state index contributed by atoms with van der Waals surface area (Å²) in [6.07, 6.45) is 5.07. The molecule has 3 nitrogen and oxygen atoms in total. The summed E-state index contributed by atoms with van der Waals surface area (Å²) in [4.78, 5) is 0. The molecule has 90 valence electrons. The Morgan fingerprint density at radius 1 is 1.24 bits per heavy atom. The molecule has 0 aliphatic heterocycles. The van der Waals surface area contributed by atoms with Crippen molar-refractivity contribution in [2.75, 3.05) is 7.11 Å². The average molecular weight is 230 g/mol. The predicted octanol–water partition coefficient (Wildman–Crippen LogP) is 1.70. The molecular weight excluding hydrogens is 212 g/mol. The van der Waals surface area contributed by atoms with E-state index in [-0.39, 0.29) is 0 Å². The van der Waals surface area contributed by atoms with E-state index in [0.717, 1.165) is 17.9 Å². The number of methoxy groups -OCH3 is 1. The van der Waals surface area contributed by atoms with Crippen molar-refractivity contribution in [3.8, 4) is 0 Å². The highest BCUT2D eigenvalue weighted by molar-refractivity contribution is 5.33. The Balaban J connectivity index is 2.24. The first-order chi connectivity index (χ1) is 8.14. The molecule has 0 heterocycles. The minimum Gasteiger partial charge on any atom is -0.499 e. The van der Waals surface area contributed by atoms with Crippen LogP contribution in [-0.2, 0) is 11.2 Å². The molecule has 0 saturated heterocycles. The van der Waals surface area contributed by atoms with Crippen molar-refractivity contribution in [2.24, 2.45) is 11.5 Å². The van der Waals surface area contributed by atoms with Gasteiger partial charge in [0.2, 0.25) is 0 Å². The smallest absolute Gasteiger partial charge is 0.116 e. The summed E-state index contributed by atoms with van der Waals surface area (Å²) >= 11 is 0. The maximum Gasteiger partial charge on any atom is 0.116 e. The molecule has 0 amide bonds. The topological polar surface area (TPSA) is 61.3 Å². The Hall–Kier alpha value is -1.74. The van der Waals surface area contributed by atoms with E-state index in [1.165, 1.54) is 5.56 Å². The minimum absolute atomic E-state index is 0.533. The first-order valence-electron chi connectivity index (χ1n) is 5.68. The molecule has 17 heavy (non-hydrogen) atoms. The maximum absolute atomic E-state index is 6.42. The number of benzene rings is 1. The summed E-state index contributed by atoms with van der Waals surface area (Å²) in [5.74, 6) is 0.788. The summed E-state index contributed by atoms with van der Waals surface area (Å²) in [6.45, 7) is 0. The van der Waals surface area contributed by atoms with Gasteiger partial charge < -0.3 is 16.2 Å². The molecule has 4 N–H and O–H groups in total. The van der Waals surface area contributed by atoms with Gasteiger partial charge in [0.15, 0.2) is 0 Å². The fourth-order valence-electron chi connectivity index (χ4n) is 2.24. The van der Waals surface area contributed by atoms with Crippen LogP contribution >= 0.6 is 0 Å². The van der Waals surface area contributed by atoms with E-state index < -0.39 is 5.54 Å². The highest BCUT2D eigenvalue weighted by Crippen LogP contribution is 2.29. The lowest BCUT2D eigenvalue weighted by molar-refractivity contribution is 0.215. The van der Waals surface area contributed by atoms with Crippen LogP contribution in [0.25, 0.3) is 0 Å². The molecule has 1 aliphatic rings. The van der Waals surface area contributed by atoms with E-state index in [1.807, 2.05) is 30.4 Å². The van der Waals surface area contributed by atoms with Gasteiger partial charge in [-0.15, -0.1) is 0 Å². The third-order valence-corrected chi connectivity index (χ3v) is 3.04. The number of allylic oxidation sites excluding steroid dienone is 2. The standard InChI is InChI=1S/C14H18N2O/c1-17-13-8-7-12(15)10-14(13,16)9-11-5-3-2-4-6-11/h2-8H,9-10,15-16H2,1H3. The summed E-state index contributed by atoms with van der Waals surface area (Å²) < 4.78 is 5.36. The second kappa shape index (κ2) is 4.63. The molecule has 0 spiro atoms. The van der Waals surface area contributed by atoms with Crippen molar-refractivity contribution in [3.05, 3.63) is 59.5 Å². The van der Waals surface area contributed by atoms with E-state index in [4.69, 9.17) is 16.2 Å². The molecule has 0 bridgehead atoms. The van der Waals surface area contributed by atoms with Crippen LogP contribution in [0, 0.1) is 0 Å². The first-order valence-corrected chi connectivity index (χ1v) is 5.68. The zero-order valence-electron chi connectivity index (χ0n) is 10.0. The summed E-state index contributed by atoms with van der Waals surface area (Å²) in [6, 6.07) is 10.1. The molecule has 0 aromatic heterocycles. The summed E-state index contributed by atoms with van der Waals surface area (Å²) in [7, 11) is 1.65. The number of hydrogen-bond donors (Lipinski definition) is 2. The Kier molecular flexibility index (Phi) is 3.20. The second-order valence-corrected chi connectivity index (χ2v) is 4.47. The van der Waals surface area contributed by atoms with Crippen LogP contribution in [0.3, 0.4) is 0 Å². The van der Waals surface area contributed by atoms with Crippen LogP contribution in [0.15, 0.2) is 53.9 Å². The van der Waals surface area contributed by atoms with Gasteiger partial charge in [0, 0.05) is 12.1 Å². The number of ether oxygens (including phenoxy) is 1. The zero-order chi connectivity index (χ0) is 12.3. The lowest BCUT2D eigenvalue weighted by Crippen LogP contribution is -2.47. The highest BCUT2D eigenvalue weighted by atomic mass is 16.5. The normalized spacial score (nSPS) is 23.9. The SMILES string of the molecule is COC1=CC=C(N)CC1(N)Cc1ccccc1. The van der Waals surface area contributed by atoms with Crippen molar-refractivity contribution in [1.82, 2.24) is 0 Å². The van der Waals surface area contributed by atoms with Crippen molar-refractivity contribution in [2.45, 2.75) is 18.4 Å². The van der Waals surface area contributed by atoms with Crippen LogP contribution < -0.4 is 11.5 Å². The molecule has 0 fully saturated rings. The Morgan fingerprint density at radius 2 is 1.94 bits per heavy atom. The first kappa shape index (κ1) is 11.7. The van der Waals surface area contributed by atoms with Gasteiger partial charge in [0.05, 0.1) is 12.6 Å². The van der Waals surface area contributed by atoms with Crippen LogP contribution in [0.2, 0.25) is 0 Å². The molecule has 3 heteroatoms. The van der Waals surface area contributed by atoms with Crippen molar-refractivity contribution in [1.29, 1.82) is 0 Å². The lowest BCUT2D eigenvalue weighted by Gasteiger charge is -2.33. The van der Waals surface area contributed by atoms with Gasteiger partial charge in [-0.3, -0.25) is 0 Å². The summed E-state index contributed by atoms with van der Waals surface area (Å²) in [5.41, 5.74) is 13.7. The molecule has 1 aromatic rings. The van der Waals surface area contributed by atoms with Gasteiger partial charge in [-0.05, 0) is 24.1 Å². The van der Waals surface area contributed by atoms with Crippen LogP contribution in [0.1, 0.15) is 12.0 Å². The van der Waals surface area contributed by atoms with E-state index in [0.29, 0.717) is 6.42 Å². The fraction of sp³-hybridized carbons (Fsp3) is 0.286. The summed E-state index contributed by atoms with van der Waals surface area (Å²) in [5, 5.41) is 0. The molecule has 0 radical (unpaired) electrons. The Bertz CT molecular complexity index is 451. The van der Waals surface area contributed by atoms with Gasteiger partial charge in [0.25, 0.3) is 0 Å². The average Bonchev–Trinajstić information content (AvgIpc) is 2.30. The molecule has 0 saturated carbocycles. The van der Waals surface area contributed by atoms with Crippen molar-refractivity contribution < 1.29 is 4.74 Å². The van der Waals surface area contributed by atoms with Gasteiger partial charge in [-0.1, -0.05) is 30.3 Å². The third kappa shape index (κ3) is 2.50. The highest BCUT2D eigenvalue weighted by Gasteiger charge is 2.33. The van der Waals surface area contributed by atoms with Crippen LogP contribution in [0.5, 0.6) is 0 Å². The Morgan fingerprint density at radius 3 is 2.59 bits per heavy atom. The molecule has 1 aromatic carbocycles. The molecule has 1 aliphatic carbocycles. The number of nitrogens with two attached hydrogens (primary N) is 2. The van der Waals surface area contributed by atoms with Crippen molar-refractivity contribution in [3.63, 3.8) is 0 Å². The van der Waals surface area contributed by atoms with E-state index in [1.54, 1.807) is 7.11 Å². The van der Waals surface area contributed by atoms with Gasteiger partial charge in [-0.25, -0.2) is 0 Å². The second-order valence-electron chi connectivity index (χ2n) is 4.47. The zero-order valence-corrected chi connectivity index (χ0v) is 10.0. The van der Waals surface area contributed by atoms with Gasteiger partial charge in [-0.2, -0.15) is 0 Å². The molecule has 2 rings (SSSR count).